The lowest BCUT2D eigenvalue weighted by Crippen LogP contribution is -2.14. The standard InChI is InChI=1S/C15H16N6O/c1-2-20-9-8-13(18-20)14(22)17-15-16-11-21(19-15)10-12-6-4-3-5-7-12/h3-9,11H,2,10H2,1H3,(H,17,19,22). The Kier molecular flexibility index (Phi) is 3.95. The molecule has 1 amide bonds. The fraction of sp³-hybridized carbons (Fsp3) is 0.200. The van der Waals surface area contributed by atoms with Gasteiger partial charge in [-0.05, 0) is 18.6 Å². The van der Waals surface area contributed by atoms with Crippen LogP contribution in [-0.4, -0.2) is 30.5 Å². The van der Waals surface area contributed by atoms with E-state index in [2.05, 4.69) is 20.5 Å². The molecule has 7 nitrogen and oxygen atoms in total. The van der Waals surface area contributed by atoms with Gasteiger partial charge in [-0.15, -0.1) is 5.10 Å². The smallest absolute Gasteiger partial charge is 0.278 e. The molecule has 2 aromatic heterocycles. The second-order valence-corrected chi connectivity index (χ2v) is 4.76. The zero-order chi connectivity index (χ0) is 15.4. The van der Waals surface area contributed by atoms with Gasteiger partial charge in [-0.25, -0.2) is 9.67 Å². The molecule has 22 heavy (non-hydrogen) atoms. The predicted octanol–water partition coefficient (Wildman–Crippen LogP) is 1.80. The largest absolute Gasteiger partial charge is 0.288 e. The van der Waals surface area contributed by atoms with Crippen molar-refractivity contribution in [2.45, 2.75) is 20.0 Å². The number of carbonyl (C=O) groups excluding carboxylic acids is 1. The molecule has 3 rings (SSSR count). The van der Waals surface area contributed by atoms with Crippen LogP contribution < -0.4 is 5.32 Å². The van der Waals surface area contributed by atoms with Crippen molar-refractivity contribution in [1.82, 2.24) is 24.5 Å². The molecule has 0 bridgehead atoms. The number of amides is 1. The van der Waals surface area contributed by atoms with Gasteiger partial charge in [0.05, 0.1) is 6.54 Å². The summed E-state index contributed by atoms with van der Waals surface area (Å²) >= 11 is 0. The number of nitrogens with one attached hydrogen (secondary N) is 1. The lowest BCUT2D eigenvalue weighted by atomic mass is 10.2. The van der Waals surface area contributed by atoms with Gasteiger partial charge >= 0.3 is 0 Å². The molecule has 1 N–H and O–H groups in total. The summed E-state index contributed by atoms with van der Waals surface area (Å²) in [4.78, 5) is 16.1. The molecule has 112 valence electrons. The van der Waals surface area contributed by atoms with E-state index >= 15 is 0 Å². The molecule has 7 heteroatoms. The second-order valence-electron chi connectivity index (χ2n) is 4.76. The lowest BCUT2D eigenvalue weighted by Gasteiger charge is -2.00. The number of rotatable bonds is 5. The molecule has 1 aromatic carbocycles. The monoisotopic (exact) mass is 296 g/mol. The van der Waals surface area contributed by atoms with Crippen LogP contribution in [0.15, 0.2) is 48.9 Å². The summed E-state index contributed by atoms with van der Waals surface area (Å²) in [6.45, 7) is 3.28. The lowest BCUT2D eigenvalue weighted by molar-refractivity contribution is 0.102. The van der Waals surface area contributed by atoms with E-state index in [4.69, 9.17) is 0 Å². The van der Waals surface area contributed by atoms with Crippen molar-refractivity contribution in [3.05, 3.63) is 60.2 Å². The van der Waals surface area contributed by atoms with Crippen LogP contribution in [0.5, 0.6) is 0 Å². The molecule has 0 spiro atoms. The highest BCUT2D eigenvalue weighted by molar-refractivity contribution is 6.01. The zero-order valence-corrected chi connectivity index (χ0v) is 12.2. The van der Waals surface area contributed by atoms with Gasteiger partial charge in [0.15, 0.2) is 5.69 Å². The molecule has 0 unspecified atom stereocenters. The van der Waals surface area contributed by atoms with E-state index in [-0.39, 0.29) is 11.9 Å². The number of aromatic nitrogens is 5. The molecule has 0 saturated heterocycles. The Labute approximate surface area is 127 Å². The van der Waals surface area contributed by atoms with E-state index in [0.29, 0.717) is 12.2 Å². The Hall–Kier alpha value is -2.96. The van der Waals surface area contributed by atoms with Gasteiger partial charge in [0.25, 0.3) is 5.91 Å². The highest BCUT2D eigenvalue weighted by atomic mass is 16.2. The normalized spacial score (nSPS) is 10.6. The number of carbonyl (C=O) groups is 1. The van der Waals surface area contributed by atoms with Crippen LogP contribution in [0.4, 0.5) is 5.95 Å². The van der Waals surface area contributed by atoms with Crippen LogP contribution in [-0.2, 0) is 13.1 Å². The molecule has 0 aliphatic rings. The highest BCUT2D eigenvalue weighted by Crippen LogP contribution is 2.05. The van der Waals surface area contributed by atoms with E-state index in [1.165, 1.54) is 0 Å². The van der Waals surface area contributed by atoms with Crippen LogP contribution in [0.1, 0.15) is 23.0 Å². The van der Waals surface area contributed by atoms with Crippen molar-refractivity contribution in [2.75, 3.05) is 5.32 Å². The first-order chi connectivity index (χ1) is 10.7. The fourth-order valence-electron chi connectivity index (χ4n) is 2.02. The van der Waals surface area contributed by atoms with Crippen molar-refractivity contribution in [3.63, 3.8) is 0 Å². The Morgan fingerprint density at radius 2 is 1.95 bits per heavy atom. The topological polar surface area (TPSA) is 77.6 Å². The van der Waals surface area contributed by atoms with Gasteiger partial charge in [-0.1, -0.05) is 30.3 Å². The number of nitrogens with zero attached hydrogens (tertiary/aromatic N) is 5. The summed E-state index contributed by atoms with van der Waals surface area (Å²) in [5, 5.41) is 11.0. The summed E-state index contributed by atoms with van der Waals surface area (Å²) < 4.78 is 3.37. The molecule has 0 atom stereocenters. The third-order valence-electron chi connectivity index (χ3n) is 3.15. The number of hydrogen-bond donors (Lipinski definition) is 1. The minimum atomic E-state index is -0.315. The summed E-state index contributed by atoms with van der Waals surface area (Å²) in [5.74, 6) is -0.0448. The Bertz CT molecular complexity index is 761. The van der Waals surface area contributed by atoms with Crippen molar-refractivity contribution in [1.29, 1.82) is 0 Å². The number of aryl methyl sites for hydroxylation is 1. The maximum atomic E-state index is 12.0. The average Bonchev–Trinajstić information content (AvgIpc) is 3.17. The van der Waals surface area contributed by atoms with Gasteiger partial charge in [0.2, 0.25) is 5.95 Å². The predicted molar refractivity (Wildman–Crippen MR) is 81.4 cm³/mol. The average molecular weight is 296 g/mol. The SMILES string of the molecule is CCn1ccc(C(=O)Nc2ncn(Cc3ccccc3)n2)n1. The molecule has 3 aromatic rings. The van der Waals surface area contributed by atoms with E-state index in [0.717, 1.165) is 12.1 Å². The first kappa shape index (κ1) is 14.0. The van der Waals surface area contributed by atoms with Crippen LogP contribution in [0.2, 0.25) is 0 Å². The quantitative estimate of drug-likeness (QED) is 0.778. The highest BCUT2D eigenvalue weighted by Gasteiger charge is 2.12. The first-order valence-electron chi connectivity index (χ1n) is 7.03. The van der Waals surface area contributed by atoms with E-state index in [1.54, 1.807) is 28.0 Å². The maximum Gasteiger partial charge on any atom is 0.278 e. The van der Waals surface area contributed by atoms with Crippen molar-refractivity contribution < 1.29 is 4.79 Å². The molecular formula is C15H16N6O. The summed E-state index contributed by atoms with van der Waals surface area (Å²) in [6, 6.07) is 11.6. The van der Waals surface area contributed by atoms with Crippen molar-refractivity contribution >= 4 is 11.9 Å². The number of anilines is 1. The van der Waals surface area contributed by atoms with Crippen LogP contribution >= 0.6 is 0 Å². The fourth-order valence-corrected chi connectivity index (χ4v) is 2.02. The summed E-state index contributed by atoms with van der Waals surface area (Å²) in [6.07, 6.45) is 3.35. The Balaban J connectivity index is 1.65. The van der Waals surface area contributed by atoms with Crippen LogP contribution in [0, 0.1) is 0 Å². The molecular weight excluding hydrogens is 280 g/mol. The maximum absolute atomic E-state index is 12.0. The summed E-state index contributed by atoms with van der Waals surface area (Å²) in [7, 11) is 0. The van der Waals surface area contributed by atoms with Crippen molar-refractivity contribution in [2.24, 2.45) is 0 Å². The third-order valence-corrected chi connectivity index (χ3v) is 3.15. The van der Waals surface area contributed by atoms with E-state index in [9.17, 15) is 4.79 Å². The number of benzene rings is 1. The second kappa shape index (κ2) is 6.21. The van der Waals surface area contributed by atoms with Gasteiger partial charge in [0, 0.05) is 12.7 Å². The first-order valence-corrected chi connectivity index (χ1v) is 7.03. The minimum Gasteiger partial charge on any atom is -0.288 e. The van der Waals surface area contributed by atoms with Gasteiger partial charge in [-0.2, -0.15) is 5.10 Å². The van der Waals surface area contributed by atoms with Crippen molar-refractivity contribution in [3.8, 4) is 0 Å². The molecule has 0 aliphatic heterocycles. The van der Waals surface area contributed by atoms with E-state index < -0.39 is 0 Å². The Morgan fingerprint density at radius 1 is 1.14 bits per heavy atom. The van der Waals surface area contributed by atoms with Gasteiger partial charge < -0.3 is 0 Å². The van der Waals surface area contributed by atoms with Crippen LogP contribution in [0.3, 0.4) is 0 Å². The summed E-state index contributed by atoms with van der Waals surface area (Å²) in [5.41, 5.74) is 1.47. The van der Waals surface area contributed by atoms with Gasteiger partial charge in [-0.3, -0.25) is 14.8 Å². The van der Waals surface area contributed by atoms with Gasteiger partial charge in [0.1, 0.15) is 6.33 Å². The number of hydrogen-bond acceptors (Lipinski definition) is 4. The molecule has 0 fully saturated rings. The Morgan fingerprint density at radius 3 is 2.68 bits per heavy atom. The molecule has 0 radical (unpaired) electrons. The minimum absolute atomic E-state index is 0.270. The molecule has 0 aliphatic carbocycles. The third kappa shape index (κ3) is 3.20. The van der Waals surface area contributed by atoms with Crippen LogP contribution in [0.25, 0.3) is 0 Å². The zero-order valence-electron chi connectivity index (χ0n) is 12.2. The van der Waals surface area contributed by atoms with E-state index in [1.807, 2.05) is 37.3 Å². The molecule has 0 saturated carbocycles. The molecule has 2 heterocycles.